The van der Waals surface area contributed by atoms with E-state index >= 15 is 0 Å². The highest BCUT2D eigenvalue weighted by atomic mass is 35.5. The number of hydrogen-bond acceptors (Lipinski definition) is 6. The summed E-state index contributed by atoms with van der Waals surface area (Å²) in [7, 11) is 0. The molecule has 0 unspecified atom stereocenters. The quantitative estimate of drug-likeness (QED) is 0.593. The van der Waals surface area contributed by atoms with Gasteiger partial charge in [0.2, 0.25) is 5.89 Å². The molecule has 1 N–H and O–H groups in total. The van der Waals surface area contributed by atoms with Crippen LogP contribution in [0.15, 0.2) is 52.9 Å². The fourth-order valence-electron chi connectivity index (χ4n) is 2.59. The van der Waals surface area contributed by atoms with Gasteiger partial charge < -0.3 is 14.5 Å². The first-order valence-electron chi connectivity index (χ1n) is 9.35. The van der Waals surface area contributed by atoms with Crippen LogP contribution in [0.3, 0.4) is 0 Å². The molecule has 3 aromatic rings. The molecule has 1 aromatic heterocycles. The van der Waals surface area contributed by atoms with Crippen LogP contribution in [-0.2, 0) is 21.6 Å². The molecule has 0 aliphatic carbocycles. The van der Waals surface area contributed by atoms with E-state index in [-0.39, 0.29) is 30.4 Å². The van der Waals surface area contributed by atoms with Gasteiger partial charge in [-0.25, -0.2) is 0 Å². The summed E-state index contributed by atoms with van der Waals surface area (Å²) in [6.07, 6.45) is 0. The van der Waals surface area contributed by atoms with Crippen LogP contribution in [0.4, 0.5) is 0 Å². The topological polar surface area (TPSA) is 94.3 Å². The molecule has 0 bridgehead atoms. The number of nitrogens with one attached hydrogen (secondary N) is 1. The lowest BCUT2D eigenvalue weighted by molar-refractivity contribution is -0.144. The van der Waals surface area contributed by atoms with Crippen molar-refractivity contribution in [2.75, 3.05) is 6.54 Å². The monoisotopic (exact) mass is 427 g/mol. The molecule has 0 saturated carbocycles. The zero-order valence-electron chi connectivity index (χ0n) is 16.9. The molecule has 0 aliphatic heterocycles. The van der Waals surface area contributed by atoms with Crippen molar-refractivity contribution in [2.45, 2.75) is 32.8 Å². The van der Waals surface area contributed by atoms with Crippen molar-refractivity contribution in [3.8, 4) is 11.5 Å². The molecule has 0 radical (unpaired) electrons. The number of amides is 1. The Morgan fingerprint density at radius 3 is 2.33 bits per heavy atom. The SMILES string of the molecule is CC(C)(C)c1ccc(C(=O)NCC(=O)OCc2nnc(-c3ccc(Cl)cc3)o2)cc1. The summed E-state index contributed by atoms with van der Waals surface area (Å²) in [5, 5.41) is 10.9. The maximum Gasteiger partial charge on any atom is 0.325 e. The zero-order chi connectivity index (χ0) is 21.7. The molecule has 30 heavy (non-hydrogen) atoms. The minimum atomic E-state index is -0.610. The lowest BCUT2D eigenvalue weighted by atomic mass is 9.87. The van der Waals surface area contributed by atoms with Crippen molar-refractivity contribution in [1.82, 2.24) is 15.5 Å². The summed E-state index contributed by atoms with van der Waals surface area (Å²) < 4.78 is 10.5. The van der Waals surface area contributed by atoms with Crippen LogP contribution in [0.25, 0.3) is 11.5 Å². The van der Waals surface area contributed by atoms with Gasteiger partial charge >= 0.3 is 5.97 Å². The maximum absolute atomic E-state index is 12.2. The highest BCUT2D eigenvalue weighted by molar-refractivity contribution is 6.30. The average Bonchev–Trinajstić information content (AvgIpc) is 3.19. The Bertz CT molecular complexity index is 1020. The van der Waals surface area contributed by atoms with E-state index in [2.05, 4.69) is 36.3 Å². The summed E-state index contributed by atoms with van der Waals surface area (Å²) in [5.74, 6) is -0.516. The lowest BCUT2D eigenvalue weighted by Crippen LogP contribution is -2.30. The van der Waals surface area contributed by atoms with Gasteiger partial charge in [0.1, 0.15) is 6.54 Å². The zero-order valence-corrected chi connectivity index (χ0v) is 17.7. The van der Waals surface area contributed by atoms with E-state index in [0.29, 0.717) is 22.0 Å². The second-order valence-electron chi connectivity index (χ2n) is 7.68. The van der Waals surface area contributed by atoms with Crippen LogP contribution in [0, 0.1) is 0 Å². The third-order valence-corrected chi connectivity index (χ3v) is 4.57. The number of nitrogens with zero attached hydrogens (tertiary/aromatic N) is 2. The Morgan fingerprint density at radius 1 is 1.03 bits per heavy atom. The Morgan fingerprint density at radius 2 is 1.70 bits per heavy atom. The number of hydrogen-bond donors (Lipinski definition) is 1. The van der Waals surface area contributed by atoms with Crippen LogP contribution in [0.5, 0.6) is 0 Å². The smallest absolute Gasteiger partial charge is 0.325 e. The van der Waals surface area contributed by atoms with Crippen LogP contribution in [0.1, 0.15) is 42.6 Å². The maximum atomic E-state index is 12.2. The predicted octanol–water partition coefficient (Wildman–Crippen LogP) is 4.16. The number of benzene rings is 2. The Kier molecular flexibility index (Phi) is 6.52. The van der Waals surface area contributed by atoms with E-state index in [1.165, 1.54) is 0 Å². The number of rotatable bonds is 6. The molecule has 1 amide bonds. The van der Waals surface area contributed by atoms with E-state index in [1.54, 1.807) is 36.4 Å². The summed E-state index contributed by atoms with van der Waals surface area (Å²) in [6, 6.07) is 14.2. The molecule has 2 aromatic carbocycles. The molecular formula is C22H22ClN3O4. The second-order valence-corrected chi connectivity index (χ2v) is 8.11. The fourth-order valence-corrected chi connectivity index (χ4v) is 2.72. The van der Waals surface area contributed by atoms with Crippen molar-refractivity contribution in [3.05, 3.63) is 70.6 Å². The highest BCUT2D eigenvalue weighted by Crippen LogP contribution is 2.22. The largest absolute Gasteiger partial charge is 0.454 e. The number of esters is 1. The second kappa shape index (κ2) is 9.09. The molecule has 7 nitrogen and oxygen atoms in total. The highest BCUT2D eigenvalue weighted by Gasteiger charge is 2.15. The van der Waals surface area contributed by atoms with Gasteiger partial charge in [0.15, 0.2) is 6.61 Å². The average molecular weight is 428 g/mol. The Hall–Kier alpha value is -3.19. The first-order chi connectivity index (χ1) is 14.2. The van der Waals surface area contributed by atoms with E-state index in [9.17, 15) is 9.59 Å². The number of carbonyl (C=O) groups excluding carboxylic acids is 2. The normalized spacial score (nSPS) is 11.2. The van der Waals surface area contributed by atoms with E-state index in [0.717, 1.165) is 5.56 Å². The molecule has 8 heteroatoms. The first kappa shape index (κ1) is 21.5. The van der Waals surface area contributed by atoms with Gasteiger partial charge in [-0.3, -0.25) is 9.59 Å². The van der Waals surface area contributed by atoms with Gasteiger partial charge in [-0.15, -0.1) is 10.2 Å². The summed E-state index contributed by atoms with van der Waals surface area (Å²) in [6.45, 7) is 5.84. The molecule has 0 spiro atoms. The van der Waals surface area contributed by atoms with E-state index in [4.69, 9.17) is 20.8 Å². The molecule has 0 aliphatic rings. The number of ether oxygens (including phenoxy) is 1. The molecule has 0 fully saturated rings. The van der Waals surface area contributed by atoms with Crippen molar-refractivity contribution >= 4 is 23.5 Å². The van der Waals surface area contributed by atoms with Gasteiger partial charge in [0.05, 0.1) is 0 Å². The summed E-state index contributed by atoms with van der Waals surface area (Å²) in [4.78, 5) is 24.1. The third-order valence-electron chi connectivity index (χ3n) is 4.32. The van der Waals surface area contributed by atoms with E-state index < -0.39 is 5.97 Å². The van der Waals surface area contributed by atoms with Crippen molar-refractivity contribution in [1.29, 1.82) is 0 Å². The third kappa shape index (κ3) is 5.67. The van der Waals surface area contributed by atoms with Crippen LogP contribution >= 0.6 is 11.6 Å². The Balaban J connectivity index is 1.47. The Labute approximate surface area is 179 Å². The van der Waals surface area contributed by atoms with Gasteiger partial charge in [-0.2, -0.15) is 0 Å². The van der Waals surface area contributed by atoms with Gasteiger partial charge in [-0.05, 0) is 47.4 Å². The van der Waals surface area contributed by atoms with E-state index in [1.807, 2.05) is 12.1 Å². The molecule has 0 saturated heterocycles. The molecule has 1 heterocycles. The first-order valence-corrected chi connectivity index (χ1v) is 9.73. The number of halogens is 1. The molecule has 0 atom stereocenters. The molecular weight excluding hydrogens is 406 g/mol. The van der Waals surface area contributed by atoms with Crippen molar-refractivity contribution in [3.63, 3.8) is 0 Å². The van der Waals surface area contributed by atoms with Gasteiger partial charge in [-0.1, -0.05) is 44.5 Å². The standard InChI is InChI=1S/C22H22ClN3O4/c1-22(2,3)16-8-4-14(5-9-16)20(28)24-12-19(27)29-13-18-25-26-21(30-18)15-6-10-17(23)11-7-15/h4-11H,12-13H2,1-3H3,(H,24,28). The fraction of sp³-hybridized carbons (Fsp3) is 0.273. The van der Waals surface area contributed by atoms with Crippen LogP contribution in [0.2, 0.25) is 5.02 Å². The summed E-state index contributed by atoms with van der Waals surface area (Å²) in [5.41, 5.74) is 2.30. The minimum absolute atomic E-state index is 0.000973. The van der Waals surface area contributed by atoms with Crippen LogP contribution < -0.4 is 5.32 Å². The van der Waals surface area contributed by atoms with Crippen LogP contribution in [-0.4, -0.2) is 28.6 Å². The van der Waals surface area contributed by atoms with Crippen molar-refractivity contribution in [2.24, 2.45) is 0 Å². The number of aromatic nitrogens is 2. The predicted molar refractivity (Wildman–Crippen MR) is 112 cm³/mol. The minimum Gasteiger partial charge on any atom is -0.454 e. The molecule has 156 valence electrons. The molecule has 3 rings (SSSR count). The summed E-state index contributed by atoms with van der Waals surface area (Å²) >= 11 is 5.85. The number of carbonyl (C=O) groups is 2. The van der Waals surface area contributed by atoms with Gasteiger partial charge in [0, 0.05) is 16.1 Å². The van der Waals surface area contributed by atoms with Crippen molar-refractivity contribution < 1.29 is 18.7 Å². The van der Waals surface area contributed by atoms with Gasteiger partial charge in [0.25, 0.3) is 11.8 Å². The lowest BCUT2D eigenvalue weighted by Gasteiger charge is -2.19.